The van der Waals surface area contributed by atoms with Gasteiger partial charge in [0.1, 0.15) is 5.76 Å². The minimum atomic E-state index is -0.911. The van der Waals surface area contributed by atoms with E-state index in [1.807, 2.05) is 0 Å². The van der Waals surface area contributed by atoms with Crippen molar-refractivity contribution in [2.75, 3.05) is 11.5 Å². The van der Waals surface area contributed by atoms with Crippen LogP contribution in [0.1, 0.15) is 17.0 Å². The molecule has 0 bridgehead atoms. The summed E-state index contributed by atoms with van der Waals surface area (Å²) in [5.74, 6) is -0.663. The Bertz CT molecular complexity index is 447. The molecular weight excluding hydrogens is 234 g/mol. The van der Waals surface area contributed by atoms with Crippen LogP contribution in [-0.4, -0.2) is 33.2 Å². The number of nitrogens with zero attached hydrogens (tertiary/aromatic N) is 1. The second kappa shape index (κ2) is 5.55. The molecule has 0 saturated carbocycles. The van der Waals surface area contributed by atoms with Crippen molar-refractivity contribution >= 4 is 23.6 Å². The van der Waals surface area contributed by atoms with Gasteiger partial charge in [-0.1, -0.05) is 0 Å². The fraction of sp³-hybridized carbons (Fsp3) is 0.444. The van der Waals surface area contributed by atoms with Gasteiger partial charge in [0.2, 0.25) is 0 Å². The summed E-state index contributed by atoms with van der Waals surface area (Å²) in [6.45, 7) is 1.57. The third kappa shape index (κ3) is 3.58. The zero-order valence-electron chi connectivity index (χ0n) is 8.63. The smallest absolute Gasteiger partial charge is 0.304 e. The van der Waals surface area contributed by atoms with E-state index in [1.54, 1.807) is 6.92 Å². The predicted octanol–water partition coefficient (Wildman–Crippen LogP) is 0.598. The van der Waals surface area contributed by atoms with Gasteiger partial charge in [-0.15, -0.1) is 4.74 Å². The second-order valence-electron chi connectivity index (χ2n) is 3.07. The van der Waals surface area contributed by atoms with Crippen LogP contribution in [0.4, 0.5) is 0 Å². The van der Waals surface area contributed by atoms with E-state index in [-0.39, 0.29) is 12.2 Å². The van der Waals surface area contributed by atoms with Crippen molar-refractivity contribution in [1.82, 2.24) is 4.74 Å². The van der Waals surface area contributed by atoms with E-state index in [4.69, 9.17) is 9.63 Å². The maximum absolute atomic E-state index is 11.4. The van der Waals surface area contributed by atoms with Crippen LogP contribution in [0, 0.1) is 6.92 Å². The molecule has 0 amide bonds. The summed E-state index contributed by atoms with van der Waals surface area (Å²) >= 11 is 1.15. The number of aryl methyl sites for hydroxylation is 1. The normalized spacial score (nSPS) is 10.3. The van der Waals surface area contributed by atoms with Gasteiger partial charge < -0.3 is 9.63 Å². The molecule has 16 heavy (non-hydrogen) atoms. The van der Waals surface area contributed by atoms with Gasteiger partial charge in [0, 0.05) is 11.8 Å². The van der Waals surface area contributed by atoms with Crippen molar-refractivity contribution in [2.24, 2.45) is 0 Å². The van der Waals surface area contributed by atoms with Crippen molar-refractivity contribution < 1.29 is 19.2 Å². The lowest BCUT2D eigenvalue weighted by Gasteiger charge is -1.98. The van der Waals surface area contributed by atoms with Crippen LogP contribution >= 0.6 is 11.8 Å². The Kier molecular flexibility index (Phi) is 4.36. The van der Waals surface area contributed by atoms with Crippen LogP contribution in [0.5, 0.6) is 0 Å². The molecule has 1 aromatic heterocycles. The highest BCUT2D eigenvalue weighted by atomic mass is 32.2. The number of hydrogen-bond acceptors (Lipinski definition) is 5. The molecule has 6 nitrogen and oxygen atoms in total. The summed E-state index contributed by atoms with van der Waals surface area (Å²) in [7, 11) is 0. The van der Waals surface area contributed by atoms with Crippen molar-refractivity contribution in [3.05, 3.63) is 22.2 Å². The van der Waals surface area contributed by atoms with Gasteiger partial charge in [0.25, 0.3) is 11.5 Å². The summed E-state index contributed by atoms with van der Waals surface area (Å²) in [5.41, 5.74) is -0.499. The number of carboxylic acids is 1. The van der Waals surface area contributed by atoms with Gasteiger partial charge in [-0.05, 0) is 6.92 Å². The van der Waals surface area contributed by atoms with Crippen LogP contribution in [0.25, 0.3) is 0 Å². The first kappa shape index (κ1) is 12.6. The molecule has 88 valence electrons. The van der Waals surface area contributed by atoms with Crippen molar-refractivity contribution in [1.29, 1.82) is 0 Å². The molecule has 0 aliphatic carbocycles. The molecule has 7 heteroatoms. The number of hydrogen-bond donors (Lipinski definition) is 1. The average molecular weight is 245 g/mol. The first-order valence-electron chi connectivity index (χ1n) is 4.53. The Balaban J connectivity index is 2.44. The average Bonchev–Trinajstić information content (AvgIpc) is 2.52. The van der Waals surface area contributed by atoms with E-state index in [9.17, 15) is 14.4 Å². The zero-order chi connectivity index (χ0) is 12.1. The van der Waals surface area contributed by atoms with Crippen molar-refractivity contribution in [3.63, 3.8) is 0 Å². The summed E-state index contributed by atoms with van der Waals surface area (Å²) in [4.78, 5) is 32.8. The third-order valence-corrected chi connectivity index (χ3v) is 2.62. The Morgan fingerprint density at radius 2 is 2.25 bits per heavy atom. The Labute approximate surface area is 95.2 Å². The number of thioether (sulfide) groups is 1. The molecule has 0 unspecified atom stereocenters. The SMILES string of the molecule is Cc1cc(=O)n(C(=O)CSCCC(=O)O)o1. The molecule has 1 rings (SSSR count). The molecule has 0 aliphatic rings. The van der Waals surface area contributed by atoms with E-state index < -0.39 is 17.4 Å². The fourth-order valence-corrected chi connectivity index (χ4v) is 1.75. The van der Waals surface area contributed by atoms with Crippen molar-refractivity contribution in [2.45, 2.75) is 13.3 Å². The van der Waals surface area contributed by atoms with E-state index in [0.29, 0.717) is 16.3 Å². The molecule has 0 radical (unpaired) electrons. The van der Waals surface area contributed by atoms with E-state index in [2.05, 4.69) is 0 Å². The Morgan fingerprint density at radius 1 is 1.56 bits per heavy atom. The Morgan fingerprint density at radius 3 is 2.75 bits per heavy atom. The fourth-order valence-electron chi connectivity index (χ4n) is 0.999. The van der Waals surface area contributed by atoms with Gasteiger partial charge in [-0.2, -0.15) is 11.8 Å². The first-order valence-corrected chi connectivity index (χ1v) is 5.69. The maximum Gasteiger partial charge on any atom is 0.304 e. The highest BCUT2D eigenvalue weighted by molar-refractivity contribution is 7.99. The largest absolute Gasteiger partial charge is 0.481 e. The molecule has 0 spiro atoms. The second-order valence-corrected chi connectivity index (χ2v) is 4.17. The molecular formula is C9H11NO5S. The minimum Gasteiger partial charge on any atom is -0.481 e. The van der Waals surface area contributed by atoms with Gasteiger partial charge in [-0.3, -0.25) is 14.4 Å². The van der Waals surface area contributed by atoms with Crippen LogP contribution in [0.15, 0.2) is 15.4 Å². The molecule has 0 fully saturated rings. The van der Waals surface area contributed by atoms with Crippen LogP contribution < -0.4 is 5.56 Å². The molecule has 0 atom stereocenters. The van der Waals surface area contributed by atoms with Crippen LogP contribution in [-0.2, 0) is 4.79 Å². The van der Waals surface area contributed by atoms with E-state index in [1.165, 1.54) is 6.07 Å². The minimum absolute atomic E-state index is 0.00989. The van der Waals surface area contributed by atoms with Gasteiger partial charge in [0.15, 0.2) is 0 Å². The van der Waals surface area contributed by atoms with Gasteiger partial charge in [0.05, 0.1) is 12.2 Å². The highest BCUT2D eigenvalue weighted by Crippen LogP contribution is 2.04. The quantitative estimate of drug-likeness (QED) is 0.764. The van der Waals surface area contributed by atoms with Crippen molar-refractivity contribution in [3.8, 4) is 0 Å². The lowest BCUT2D eigenvalue weighted by molar-refractivity contribution is -0.136. The summed E-state index contributed by atoms with van der Waals surface area (Å²) in [6.07, 6.45) is -0.00989. The molecule has 0 saturated heterocycles. The summed E-state index contributed by atoms with van der Waals surface area (Å²) < 4.78 is 5.56. The number of carbonyl (C=O) groups is 2. The zero-order valence-corrected chi connectivity index (χ0v) is 9.45. The molecule has 1 heterocycles. The summed E-state index contributed by atoms with van der Waals surface area (Å²) in [5, 5.41) is 8.37. The Hall–Kier alpha value is -1.50. The van der Waals surface area contributed by atoms with E-state index in [0.717, 1.165) is 11.8 Å². The number of carbonyl (C=O) groups excluding carboxylic acids is 1. The van der Waals surface area contributed by atoms with Gasteiger partial charge >= 0.3 is 5.97 Å². The van der Waals surface area contributed by atoms with E-state index >= 15 is 0 Å². The molecule has 1 aromatic rings. The number of aliphatic carboxylic acids is 1. The molecule has 0 aliphatic heterocycles. The third-order valence-electron chi connectivity index (χ3n) is 1.67. The predicted molar refractivity (Wildman–Crippen MR) is 57.9 cm³/mol. The lowest BCUT2D eigenvalue weighted by atomic mass is 10.5. The van der Waals surface area contributed by atoms with Crippen LogP contribution in [0.3, 0.4) is 0 Å². The number of carboxylic acid groups (broad SMARTS) is 1. The molecule has 1 N–H and O–H groups in total. The highest BCUT2D eigenvalue weighted by Gasteiger charge is 2.11. The maximum atomic E-state index is 11.4. The number of rotatable bonds is 5. The molecule has 0 aromatic carbocycles. The first-order chi connectivity index (χ1) is 7.50. The topological polar surface area (TPSA) is 89.5 Å². The monoisotopic (exact) mass is 245 g/mol. The number of aromatic nitrogens is 1. The summed E-state index contributed by atoms with van der Waals surface area (Å²) in [6, 6.07) is 1.22. The van der Waals surface area contributed by atoms with Crippen LogP contribution in [0.2, 0.25) is 0 Å². The van der Waals surface area contributed by atoms with Gasteiger partial charge in [-0.25, -0.2) is 0 Å². The lowest BCUT2D eigenvalue weighted by Crippen LogP contribution is -2.23. The standard InChI is InChI=1S/C9H11NO5S/c1-6-4-7(11)10(15-6)8(12)5-16-3-2-9(13)14/h4H,2-3,5H2,1H3,(H,13,14).